The molecule has 2 unspecified atom stereocenters. The van der Waals surface area contributed by atoms with Gasteiger partial charge in [-0.1, -0.05) is 0 Å². The minimum Gasteiger partial charge on any atom is -0.363 e. The van der Waals surface area contributed by atoms with Crippen LogP contribution in [-0.2, 0) is 4.74 Å². The SMILES string of the molecule is CC1CN(C(C)C)CC(C(F)(F)F)O1.S.S. The summed E-state index contributed by atoms with van der Waals surface area (Å²) in [5, 5.41) is 0. The van der Waals surface area contributed by atoms with Gasteiger partial charge in [-0.15, -0.1) is 0 Å². The average molecular weight is 279 g/mol. The summed E-state index contributed by atoms with van der Waals surface area (Å²) >= 11 is 0. The van der Waals surface area contributed by atoms with Gasteiger partial charge in [-0.05, 0) is 20.8 Å². The second-order valence-corrected chi connectivity index (χ2v) is 4.02. The van der Waals surface area contributed by atoms with Crippen molar-refractivity contribution in [2.75, 3.05) is 13.1 Å². The molecular formula is C9H20F3NOS2. The number of ether oxygens (including phenoxy) is 1. The van der Waals surface area contributed by atoms with Gasteiger partial charge in [0, 0.05) is 19.1 Å². The molecule has 1 heterocycles. The molecule has 1 fully saturated rings. The predicted octanol–water partition coefficient (Wildman–Crippen LogP) is 2.27. The Hall–Kier alpha value is 0.410. The molecule has 0 radical (unpaired) electrons. The Labute approximate surface area is 108 Å². The zero-order valence-corrected chi connectivity index (χ0v) is 11.6. The lowest BCUT2D eigenvalue weighted by atomic mass is 10.2. The summed E-state index contributed by atoms with van der Waals surface area (Å²) in [5.74, 6) is 0. The van der Waals surface area contributed by atoms with E-state index in [4.69, 9.17) is 4.74 Å². The summed E-state index contributed by atoms with van der Waals surface area (Å²) in [5.41, 5.74) is 0. The highest BCUT2D eigenvalue weighted by Gasteiger charge is 2.45. The fourth-order valence-electron chi connectivity index (χ4n) is 1.59. The molecular weight excluding hydrogens is 259 g/mol. The molecule has 100 valence electrons. The molecule has 1 aliphatic heterocycles. The maximum atomic E-state index is 12.4. The Morgan fingerprint density at radius 2 is 1.69 bits per heavy atom. The minimum absolute atomic E-state index is 0. The smallest absolute Gasteiger partial charge is 0.363 e. The van der Waals surface area contributed by atoms with Gasteiger partial charge >= 0.3 is 6.18 Å². The number of nitrogens with zero attached hydrogens (tertiary/aromatic N) is 1. The van der Waals surface area contributed by atoms with Crippen LogP contribution in [0.25, 0.3) is 0 Å². The van der Waals surface area contributed by atoms with Crippen LogP contribution in [0.3, 0.4) is 0 Å². The van der Waals surface area contributed by atoms with Crippen LogP contribution in [0, 0.1) is 0 Å². The maximum Gasteiger partial charge on any atom is 0.415 e. The number of morpholine rings is 1. The molecule has 7 heteroatoms. The van der Waals surface area contributed by atoms with E-state index in [0.29, 0.717) is 6.54 Å². The lowest BCUT2D eigenvalue weighted by molar-refractivity contribution is -0.253. The topological polar surface area (TPSA) is 12.5 Å². The van der Waals surface area contributed by atoms with E-state index in [1.807, 2.05) is 13.8 Å². The molecule has 0 N–H and O–H groups in total. The minimum atomic E-state index is -4.25. The first kappa shape index (κ1) is 18.8. The Bertz CT molecular complexity index is 202. The predicted molar refractivity (Wildman–Crippen MR) is 67.9 cm³/mol. The van der Waals surface area contributed by atoms with Gasteiger partial charge in [0.25, 0.3) is 0 Å². The third-order valence-corrected chi connectivity index (χ3v) is 2.38. The summed E-state index contributed by atoms with van der Waals surface area (Å²) in [4.78, 5) is 1.80. The van der Waals surface area contributed by atoms with E-state index in [2.05, 4.69) is 0 Å². The van der Waals surface area contributed by atoms with Crippen LogP contribution in [0.2, 0.25) is 0 Å². The molecule has 16 heavy (non-hydrogen) atoms. The van der Waals surface area contributed by atoms with E-state index in [0.717, 1.165) is 0 Å². The van der Waals surface area contributed by atoms with Crippen molar-refractivity contribution in [2.45, 2.75) is 45.2 Å². The van der Waals surface area contributed by atoms with Gasteiger partial charge in [-0.25, -0.2) is 0 Å². The normalized spacial score (nSPS) is 27.2. The first-order valence-corrected chi connectivity index (χ1v) is 4.77. The van der Waals surface area contributed by atoms with E-state index in [1.54, 1.807) is 11.8 Å². The molecule has 0 bridgehead atoms. The van der Waals surface area contributed by atoms with Crippen molar-refractivity contribution in [3.63, 3.8) is 0 Å². The first-order valence-electron chi connectivity index (χ1n) is 4.77. The van der Waals surface area contributed by atoms with Gasteiger partial charge in [0.05, 0.1) is 6.10 Å². The quantitative estimate of drug-likeness (QED) is 0.730. The lowest BCUT2D eigenvalue weighted by Crippen LogP contribution is -2.54. The Kier molecular flexibility index (Phi) is 8.19. The van der Waals surface area contributed by atoms with Gasteiger partial charge < -0.3 is 4.74 Å². The zero-order chi connectivity index (χ0) is 10.9. The van der Waals surface area contributed by atoms with Crippen LogP contribution in [0.1, 0.15) is 20.8 Å². The maximum absolute atomic E-state index is 12.4. The highest BCUT2D eigenvalue weighted by atomic mass is 32.1. The fraction of sp³-hybridized carbons (Fsp3) is 1.00. The summed E-state index contributed by atoms with van der Waals surface area (Å²) in [6.45, 7) is 5.99. The third-order valence-electron chi connectivity index (χ3n) is 2.38. The summed E-state index contributed by atoms with van der Waals surface area (Å²) in [6.07, 6.45) is -6.23. The van der Waals surface area contributed by atoms with E-state index < -0.39 is 12.3 Å². The van der Waals surface area contributed by atoms with Crippen molar-refractivity contribution < 1.29 is 17.9 Å². The van der Waals surface area contributed by atoms with Gasteiger partial charge in [-0.3, -0.25) is 4.90 Å². The Balaban J connectivity index is 0. The second kappa shape index (κ2) is 6.98. The average Bonchev–Trinajstić information content (AvgIpc) is 2.01. The van der Waals surface area contributed by atoms with Crippen molar-refractivity contribution in [2.24, 2.45) is 0 Å². The van der Waals surface area contributed by atoms with Gasteiger partial charge in [0.1, 0.15) is 0 Å². The van der Waals surface area contributed by atoms with Gasteiger partial charge in [0.2, 0.25) is 0 Å². The standard InChI is InChI=1S/C9H16F3NO.2H2S/c1-6(2)13-4-7(3)14-8(5-13)9(10,11)12;;/h6-8H,4-5H2,1-3H3;2*1H2. The van der Waals surface area contributed by atoms with E-state index >= 15 is 0 Å². The molecule has 0 amide bonds. The number of hydrogen-bond acceptors (Lipinski definition) is 2. The molecule has 1 saturated heterocycles. The van der Waals surface area contributed by atoms with Crippen LogP contribution in [-0.4, -0.2) is 42.4 Å². The number of rotatable bonds is 1. The van der Waals surface area contributed by atoms with Gasteiger partial charge in [-0.2, -0.15) is 40.2 Å². The van der Waals surface area contributed by atoms with Crippen molar-refractivity contribution in [1.82, 2.24) is 4.90 Å². The fourth-order valence-corrected chi connectivity index (χ4v) is 1.59. The molecule has 2 atom stereocenters. The van der Waals surface area contributed by atoms with Crippen molar-refractivity contribution in [1.29, 1.82) is 0 Å². The van der Waals surface area contributed by atoms with Crippen LogP contribution >= 0.6 is 27.0 Å². The van der Waals surface area contributed by atoms with Crippen molar-refractivity contribution >= 4 is 27.0 Å². The van der Waals surface area contributed by atoms with Crippen LogP contribution in [0.4, 0.5) is 13.2 Å². The highest BCUT2D eigenvalue weighted by Crippen LogP contribution is 2.28. The Morgan fingerprint density at radius 1 is 1.19 bits per heavy atom. The zero-order valence-electron chi connectivity index (χ0n) is 9.64. The third kappa shape index (κ3) is 5.16. The molecule has 1 rings (SSSR count). The molecule has 2 nitrogen and oxygen atoms in total. The van der Waals surface area contributed by atoms with Gasteiger partial charge in [0.15, 0.2) is 6.10 Å². The number of hydrogen-bond donors (Lipinski definition) is 0. The highest BCUT2D eigenvalue weighted by molar-refractivity contribution is 7.59. The lowest BCUT2D eigenvalue weighted by Gasteiger charge is -2.39. The van der Waals surface area contributed by atoms with E-state index in [-0.39, 0.29) is 45.7 Å². The molecule has 0 saturated carbocycles. The van der Waals surface area contributed by atoms with Crippen LogP contribution in [0.15, 0.2) is 0 Å². The molecule has 1 aliphatic rings. The molecule has 0 aromatic rings. The van der Waals surface area contributed by atoms with Crippen molar-refractivity contribution in [3.05, 3.63) is 0 Å². The molecule has 0 spiro atoms. The summed E-state index contributed by atoms with van der Waals surface area (Å²) in [7, 11) is 0. The Morgan fingerprint density at radius 3 is 2.06 bits per heavy atom. The van der Waals surface area contributed by atoms with Crippen LogP contribution < -0.4 is 0 Å². The van der Waals surface area contributed by atoms with E-state index in [1.165, 1.54) is 0 Å². The first-order chi connectivity index (χ1) is 6.30. The largest absolute Gasteiger partial charge is 0.415 e. The number of halogens is 3. The second-order valence-electron chi connectivity index (χ2n) is 4.02. The molecule has 0 aromatic heterocycles. The van der Waals surface area contributed by atoms with E-state index in [9.17, 15) is 13.2 Å². The summed E-state index contributed by atoms with van der Waals surface area (Å²) < 4.78 is 42.1. The van der Waals surface area contributed by atoms with Crippen LogP contribution in [0.5, 0.6) is 0 Å². The van der Waals surface area contributed by atoms with Crippen molar-refractivity contribution in [3.8, 4) is 0 Å². The molecule has 0 aromatic carbocycles. The summed E-state index contributed by atoms with van der Waals surface area (Å²) in [6, 6.07) is 0.131. The number of alkyl halides is 3. The monoisotopic (exact) mass is 279 g/mol. The molecule has 0 aliphatic carbocycles.